The summed E-state index contributed by atoms with van der Waals surface area (Å²) in [6.45, 7) is 2.06. The minimum Gasteiger partial charge on any atom is -0.421 e. The van der Waals surface area contributed by atoms with Gasteiger partial charge in [0.15, 0.2) is 0 Å². The molecule has 18 heavy (non-hydrogen) atoms. The van der Waals surface area contributed by atoms with Gasteiger partial charge in [0.25, 0.3) is 5.89 Å². The van der Waals surface area contributed by atoms with Crippen molar-refractivity contribution in [2.75, 3.05) is 6.54 Å². The maximum absolute atomic E-state index is 13.6. The molecule has 0 saturated carbocycles. The Morgan fingerprint density at radius 2 is 2.00 bits per heavy atom. The van der Waals surface area contributed by atoms with Gasteiger partial charge in [0.05, 0.1) is 5.56 Å². The van der Waals surface area contributed by atoms with Crippen molar-refractivity contribution in [3.8, 4) is 11.5 Å². The van der Waals surface area contributed by atoms with E-state index in [1.54, 1.807) is 6.92 Å². The molecule has 0 bridgehead atoms. The highest BCUT2D eigenvalue weighted by atomic mass is 19.1. The van der Waals surface area contributed by atoms with Crippen LogP contribution in [0.3, 0.4) is 0 Å². The lowest BCUT2D eigenvalue weighted by Gasteiger charge is -2.01. The first-order valence-corrected chi connectivity index (χ1v) is 5.60. The van der Waals surface area contributed by atoms with Crippen molar-refractivity contribution in [2.24, 2.45) is 5.73 Å². The Kier molecular flexibility index (Phi) is 3.66. The third-order valence-corrected chi connectivity index (χ3v) is 2.54. The zero-order valence-corrected chi connectivity index (χ0v) is 9.91. The van der Waals surface area contributed by atoms with E-state index >= 15 is 0 Å². The second kappa shape index (κ2) is 5.22. The predicted octanol–water partition coefficient (Wildman–Crippen LogP) is 2.21. The van der Waals surface area contributed by atoms with Gasteiger partial charge in [0.2, 0.25) is 5.89 Å². The highest BCUT2D eigenvalue weighted by molar-refractivity contribution is 5.55. The van der Waals surface area contributed by atoms with Gasteiger partial charge >= 0.3 is 0 Å². The number of aromatic nitrogens is 2. The Balaban J connectivity index is 2.31. The second-order valence-corrected chi connectivity index (χ2v) is 3.97. The van der Waals surface area contributed by atoms with Crippen LogP contribution in [0.4, 0.5) is 8.78 Å². The first-order chi connectivity index (χ1) is 8.61. The molecule has 0 aliphatic rings. The molecule has 0 unspecified atom stereocenters. The molecule has 1 heterocycles. The van der Waals surface area contributed by atoms with Crippen molar-refractivity contribution < 1.29 is 13.2 Å². The zero-order chi connectivity index (χ0) is 13.1. The van der Waals surface area contributed by atoms with Crippen molar-refractivity contribution in [3.05, 3.63) is 35.2 Å². The summed E-state index contributed by atoms with van der Waals surface area (Å²) in [5.41, 5.74) is 5.80. The number of hydrogen-bond donors (Lipinski definition) is 1. The summed E-state index contributed by atoms with van der Waals surface area (Å²) in [6.07, 6.45) is 1.26. The van der Waals surface area contributed by atoms with E-state index in [1.807, 2.05) is 0 Å². The van der Waals surface area contributed by atoms with Crippen LogP contribution >= 0.6 is 0 Å². The zero-order valence-electron chi connectivity index (χ0n) is 9.91. The Bertz CT molecular complexity index is 554. The molecule has 1 aromatic carbocycles. The van der Waals surface area contributed by atoms with E-state index in [0.29, 0.717) is 30.8 Å². The Morgan fingerprint density at radius 3 is 2.72 bits per heavy atom. The SMILES string of the molecule is Cc1cc(-c2nnc(CCCN)o2)c(F)cc1F. The van der Waals surface area contributed by atoms with Gasteiger partial charge in [0.1, 0.15) is 11.6 Å². The Labute approximate surface area is 103 Å². The molecule has 2 aromatic rings. The van der Waals surface area contributed by atoms with Crippen LogP contribution in [0.1, 0.15) is 17.9 Å². The van der Waals surface area contributed by atoms with Crippen molar-refractivity contribution in [1.29, 1.82) is 0 Å². The van der Waals surface area contributed by atoms with E-state index in [0.717, 1.165) is 6.07 Å². The summed E-state index contributed by atoms with van der Waals surface area (Å²) in [5.74, 6) is -0.856. The summed E-state index contributed by atoms with van der Waals surface area (Å²) in [6, 6.07) is 2.17. The van der Waals surface area contributed by atoms with Gasteiger partial charge < -0.3 is 10.2 Å². The maximum atomic E-state index is 13.6. The highest BCUT2D eigenvalue weighted by Gasteiger charge is 2.15. The summed E-state index contributed by atoms with van der Waals surface area (Å²) < 4.78 is 32.0. The lowest BCUT2D eigenvalue weighted by atomic mass is 10.1. The molecular formula is C12H13F2N3O. The molecule has 0 aliphatic carbocycles. The van der Waals surface area contributed by atoms with E-state index in [-0.39, 0.29) is 11.5 Å². The molecule has 1 aromatic heterocycles. The molecule has 0 amide bonds. The van der Waals surface area contributed by atoms with Gasteiger partial charge in [-0.15, -0.1) is 10.2 Å². The number of nitrogens with zero attached hydrogens (tertiary/aromatic N) is 2. The van der Waals surface area contributed by atoms with Crippen molar-refractivity contribution in [1.82, 2.24) is 10.2 Å². The Hall–Kier alpha value is -1.82. The minimum absolute atomic E-state index is 0.0580. The number of aryl methyl sites for hydroxylation is 2. The number of benzene rings is 1. The van der Waals surface area contributed by atoms with Gasteiger partial charge in [-0.25, -0.2) is 8.78 Å². The first kappa shape index (κ1) is 12.6. The fraction of sp³-hybridized carbons (Fsp3) is 0.333. The summed E-state index contributed by atoms with van der Waals surface area (Å²) in [5, 5.41) is 7.54. The first-order valence-electron chi connectivity index (χ1n) is 5.60. The lowest BCUT2D eigenvalue weighted by Crippen LogP contribution is -2.00. The fourth-order valence-electron chi connectivity index (χ4n) is 1.54. The van der Waals surface area contributed by atoms with Gasteiger partial charge in [-0.1, -0.05) is 0 Å². The molecule has 2 rings (SSSR count). The second-order valence-electron chi connectivity index (χ2n) is 3.97. The van der Waals surface area contributed by atoms with E-state index in [4.69, 9.17) is 10.2 Å². The molecule has 0 radical (unpaired) electrons. The lowest BCUT2D eigenvalue weighted by molar-refractivity contribution is 0.494. The third kappa shape index (κ3) is 2.53. The molecular weight excluding hydrogens is 240 g/mol. The van der Waals surface area contributed by atoms with Gasteiger partial charge in [0, 0.05) is 12.5 Å². The van der Waals surface area contributed by atoms with E-state index in [1.165, 1.54) is 6.07 Å². The van der Waals surface area contributed by atoms with Crippen LogP contribution < -0.4 is 5.73 Å². The Morgan fingerprint density at radius 1 is 1.22 bits per heavy atom. The molecule has 0 spiro atoms. The maximum Gasteiger partial charge on any atom is 0.250 e. The standard InChI is InChI=1S/C12H13F2N3O/c1-7-5-8(10(14)6-9(7)13)12-17-16-11(18-12)3-2-4-15/h5-6H,2-4,15H2,1H3. The van der Waals surface area contributed by atoms with Crippen LogP contribution in [0.15, 0.2) is 16.5 Å². The van der Waals surface area contributed by atoms with Gasteiger partial charge in [-0.05, 0) is 31.5 Å². The minimum atomic E-state index is -0.716. The average molecular weight is 253 g/mol. The molecule has 96 valence electrons. The smallest absolute Gasteiger partial charge is 0.250 e. The quantitative estimate of drug-likeness (QED) is 0.907. The molecule has 6 heteroatoms. The monoisotopic (exact) mass is 253 g/mol. The summed E-state index contributed by atoms with van der Waals surface area (Å²) >= 11 is 0. The molecule has 0 atom stereocenters. The van der Waals surface area contributed by atoms with E-state index < -0.39 is 11.6 Å². The van der Waals surface area contributed by atoms with Crippen LogP contribution in [-0.2, 0) is 6.42 Å². The number of hydrogen-bond acceptors (Lipinski definition) is 4. The summed E-state index contributed by atoms with van der Waals surface area (Å²) in [4.78, 5) is 0. The fourth-order valence-corrected chi connectivity index (χ4v) is 1.54. The van der Waals surface area contributed by atoms with Crippen molar-refractivity contribution >= 4 is 0 Å². The van der Waals surface area contributed by atoms with Crippen LogP contribution in [0.25, 0.3) is 11.5 Å². The highest BCUT2D eigenvalue weighted by Crippen LogP contribution is 2.24. The van der Waals surface area contributed by atoms with Gasteiger partial charge in [-0.2, -0.15) is 0 Å². The number of rotatable bonds is 4. The van der Waals surface area contributed by atoms with Crippen LogP contribution in [-0.4, -0.2) is 16.7 Å². The van der Waals surface area contributed by atoms with Crippen LogP contribution in [0, 0.1) is 18.6 Å². The van der Waals surface area contributed by atoms with E-state index in [9.17, 15) is 8.78 Å². The number of halogens is 2. The molecule has 2 N–H and O–H groups in total. The normalized spacial score (nSPS) is 10.9. The molecule has 0 saturated heterocycles. The largest absolute Gasteiger partial charge is 0.421 e. The van der Waals surface area contributed by atoms with Crippen LogP contribution in [0.2, 0.25) is 0 Å². The topological polar surface area (TPSA) is 64.9 Å². The van der Waals surface area contributed by atoms with Crippen molar-refractivity contribution in [3.63, 3.8) is 0 Å². The number of nitrogens with two attached hydrogens (primary N) is 1. The predicted molar refractivity (Wildman–Crippen MR) is 61.8 cm³/mol. The molecule has 0 aliphatic heterocycles. The van der Waals surface area contributed by atoms with Crippen LogP contribution in [0.5, 0.6) is 0 Å². The average Bonchev–Trinajstić information content (AvgIpc) is 2.79. The molecule has 0 fully saturated rings. The van der Waals surface area contributed by atoms with Crippen molar-refractivity contribution in [2.45, 2.75) is 19.8 Å². The molecule has 4 nitrogen and oxygen atoms in total. The van der Waals surface area contributed by atoms with E-state index in [2.05, 4.69) is 10.2 Å². The van der Waals surface area contributed by atoms with Gasteiger partial charge in [-0.3, -0.25) is 0 Å². The third-order valence-electron chi connectivity index (χ3n) is 2.54. The summed E-state index contributed by atoms with van der Waals surface area (Å²) in [7, 11) is 0.